The van der Waals surface area contributed by atoms with Gasteiger partial charge in [-0.3, -0.25) is 0 Å². The molecule has 7 atom stereocenters. The molecule has 0 aliphatic heterocycles. The lowest BCUT2D eigenvalue weighted by Gasteiger charge is -2.60. The number of aliphatic hydroxyl groups is 1. The molecule has 0 bridgehead atoms. The summed E-state index contributed by atoms with van der Waals surface area (Å²) >= 11 is 0. The predicted molar refractivity (Wildman–Crippen MR) is 115 cm³/mol. The van der Waals surface area contributed by atoms with Gasteiger partial charge in [0.15, 0.2) is 0 Å². The summed E-state index contributed by atoms with van der Waals surface area (Å²) in [5.41, 5.74) is 0.738. The number of fused-ring (bicyclic) bond motifs is 5. The molecule has 0 aromatic heterocycles. The molecular weight excluding hydrogens is 340 g/mol. The van der Waals surface area contributed by atoms with Gasteiger partial charge in [-0.1, -0.05) is 56.7 Å². The van der Waals surface area contributed by atoms with Gasteiger partial charge in [-0.2, -0.15) is 0 Å². The molecule has 0 spiro atoms. The zero-order chi connectivity index (χ0) is 19.4. The van der Waals surface area contributed by atoms with E-state index in [0.717, 1.165) is 36.2 Å². The maximum Gasteiger partial charge on any atom is 0.131 e. The fourth-order valence-corrected chi connectivity index (χ4v) is 8.21. The average Bonchev–Trinajstić information content (AvgIpc) is 2.98. The number of hydrogen-bond donors (Lipinski definition) is 1. The van der Waals surface area contributed by atoms with E-state index in [1.165, 1.54) is 51.4 Å². The Morgan fingerprint density at radius 1 is 0.857 bits per heavy atom. The van der Waals surface area contributed by atoms with E-state index < -0.39 is 5.60 Å². The molecule has 4 aliphatic rings. The van der Waals surface area contributed by atoms with E-state index in [2.05, 4.69) is 25.7 Å². The van der Waals surface area contributed by atoms with Crippen LogP contribution < -0.4 is 0 Å². The molecule has 0 saturated heterocycles. The molecule has 4 fully saturated rings. The minimum Gasteiger partial charge on any atom is -0.377 e. The third-order valence-electron chi connectivity index (χ3n) is 9.92. The SMILES string of the molecule is C[C@]12CCCC[C@@H]1CC[C@H]1[C@H]2CC[C@]2(C)[C@@H]1CC[C@@]2(O)C#Cc1ccccc1. The normalized spacial score (nSPS) is 47.2. The predicted octanol–water partition coefficient (Wildman–Crippen LogP) is 6.20. The standard InChI is InChI=1S/C27H36O/c1-25-16-7-6-10-21(25)11-12-22-23(25)14-17-26(2)24(22)15-19-27(26,28)18-13-20-8-4-3-5-9-20/h3-5,8-9,21-24,28H,6-7,10-12,14-17,19H2,1-2H3/t21-,22+,23-,24-,25+,26-,27+/m1/s1. The van der Waals surface area contributed by atoms with Gasteiger partial charge in [0.25, 0.3) is 0 Å². The van der Waals surface area contributed by atoms with Crippen LogP contribution >= 0.6 is 0 Å². The first-order valence-electron chi connectivity index (χ1n) is 11.8. The number of benzene rings is 1. The molecule has 4 saturated carbocycles. The topological polar surface area (TPSA) is 20.2 Å². The first kappa shape index (κ1) is 18.7. The van der Waals surface area contributed by atoms with E-state index in [1.54, 1.807) is 0 Å². The Balaban J connectivity index is 1.43. The van der Waals surface area contributed by atoms with E-state index in [1.807, 2.05) is 30.3 Å². The molecule has 150 valence electrons. The first-order valence-corrected chi connectivity index (χ1v) is 11.8. The lowest BCUT2D eigenvalue weighted by molar-refractivity contribution is -0.134. The Bertz CT molecular complexity index is 787. The Morgan fingerprint density at radius 2 is 1.64 bits per heavy atom. The second-order valence-electron chi connectivity index (χ2n) is 10.9. The zero-order valence-corrected chi connectivity index (χ0v) is 17.7. The van der Waals surface area contributed by atoms with E-state index in [9.17, 15) is 5.11 Å². The van der Waals surface area contributed by atoms with Crippen LogP contribution in [0.3, 0.4) is 0 Å². The minimum absolute atomic E-state index is 0.0339. The highest BCUT2D eigenvalue weighted by molar-refractivity contribution is 5.38. The molecule has 0 amide bonds. The van der Waals surface area contributed by atoms with Crippen molar-refractivity contribution >= 4 is 0 Å². The monoisotopic (exact) mass is 376 g/mol. The first-order chi connectivity index (χ1) is 13.5. The zero-order valence-electron chi connectivity index (χ0n) is 17.7. The van der Waals surface area contributed by atoms with Crippen molar-refractivity contribution in [1.82, 2.24) is 0 Å². The third kappa shape index (κ3) is 2.64. The third-order valence-corrected chi connectivity index (χ3v) is 9.92. The smallest absolute Gasteiger partial charge is 0.131 e. The van der Waals surface area contributed by atoms with Gasteiger partial charge >= 0.3 is 0 Å². The Labute approximate surface area is 171 Å². The van der Waals surface area contributed by atoms with Crippen LogP contribution in [0.25, 0.3) is 0 Å². The van der Waals surface area contributed by atoms with Gasteiger partial charge in [0.05, 0.1) is 0 Å². The van der Waals surface area contributed by atoms with Crippen LogP contribution in [0.5, 0.6) is 0 Å². The van der Waals surface area contributed by atoms with Gasteiger partial charge in [-0.15, -0.1) is 0 Å². The van der Waals surface area contributed by atoms with Crippen LogP contribution in [0.4, 0.5) is 0 Å². The molecular formula is C27H36O. The molecule has 0 heterocycles. The van der Waals surface area contributed by atoms with Crippen molar-refractivity contribution in [3.63, 3.8) is 0 Å². The van der Waals surface area contributed by atoms with Gasteiger partial charge in [0.2, 0.25) is 0 Å². The number of hydrogen-bond acceptors (Lipinski definition) is 1. The summed E-state index contributed by atoms with van der Waals surface area (Å²) in [6.07, 6.45) is 13.1. The summed E-state index contributed by atoms with van der Waals surface area (Å²) in [7, 11) is 0. The summed E-state index contributed by atoms with van der Waals surface area (Å²) in [4.78, 5) is 0. The molecule has 1 heteroatoms. The van der Waals surface area contributed by atoms with Gasteiger partial charge in [0, 0.05) is 11.0 Å². The van der Waals surface area contributed by atoms with E-state index in [4.69, 9.17) is 0 Å². The lowest BCUT2D eigenvalue weighted by Crippen LogP contribution is -2.55. The summed E-state index contributed by atoms with van der Waals surface area (Å²) in [6, 6.07) is 10.2. The summed E-state index contributed by atoms with van der Waals surface area (Å²) in [5, 5.41) is 11.7. The Morgan fingerprint density at radius 3 is 2.46 bits per heavy atom. The summed E-state index contributed by atoms with van der Waals surface area (Å²) in [5.74, 6) is 10.0. The lowest BCUT2D eigenvalue weighted by atomic mass is 9.44. The highest BCUT2D eigenvalue weighted by Crippen LogP contribution is 2.68. The van der Waals surface area contributed by atoms with E-state index in [0.29, 0.717) is 11.3 Å². The van der Waals surface area contributed by atoms with Crippen molar-refractivity contribution in [2.75, 3.05) is 0 Å². The van der Waals surface area contributed by atoms with E-state index in [-0.39, 0.29) is 5.41 Å². The van der Waals surface area contributed by atoms with Gasteiger partial charge < -0.3 is 5.11 Å². The molecule has 1 aromatic carbocycles. The van der Waals surface area contributed by atoms with Crippen molar-refractivity contribution in [2.24, 2.45) is 34.5 Å². The van der Waals surface area contributed by atoms with Crippen LogP contribution in [-0.2, 0) is 0 Å². The second-order valence-corrected chi connectivity index (χ2v) is 10.9. The van der Waals surface area contributed by atoms with Crippen LogP contribution in [-0.4, -0.2) is 10.7 Å². The Kier molecular flexibility index (Phi) is 4.44. The van der Waals surface area contributed by atoms with Crippen molar-refractivity contribution in [1.29, 1.82) is 0 Å². The largest absolute Gasteiger partial charge is 0.377 e. The van der Waals surface area contributed by atoms with Gasteiger partial charge in [0.1, 0.15) is 5.60 Å². The molecule has 0 radical (unpaired) electrons. The van der Waals surface area contributed by atoms with Crippen LogP contribution in [0.2, 0.25) is 0 Å². The highest BCUT2D eigenvalue weighted by Gasteiger charge is 2.64. The average molecular weight is 377 g/mol. The molecule has 0 unspecified atom stereocenters. The van der Waals surface area contributed by atoms with Gasteiger partial charge in [-0.25, -0.2) is 0 Å². The van der Waals surface area contributed by atoms with Crippen LogP contribution in [0.1, 0.15) is 83.6 Å². The second kappa shape index (κ2) is 6.63. The van der Waals surface area contributed by atoms with Gasteiger partial charge in [-0.05, 0) is 92.6 Å². The van der Waals surface area contributed by atoms with Crippen LogP contribution in [0, 0.1) is 46.3 Å². The summed E-state index contributed by atoms with van der Waals surface area (Å²) < 4.78 is 0. The quantitative estimate of drug-likeness (QED) is 0.534. The van der Waals surface area contributed by atoms with Crippen molar-refractivity contribution in [3.8, 4) is 11.8 Å². The highest BCUT2D eigenvalue weighted by atomic mass is 16.3. The maximum absolute atomic E-state index is 11.7. The van der Waals surface area contributed by atoms with Crippen LogP contribution in [0.15, 0.2) is 30.3 Å². The molecule has 4 aliphatic carbocycles. The molecule has 1 aromatic rings. The van der Waals surface area contributed by atoms with Crippen molar-refractivity contribution < 1.29 is 5.11 Å². The molecule has 5 rings (SSSR count). The maximum atomic E-state index is 11.7. The van der Waals surface area contributed by atoms with Crippen molar-refractivity contribution in [2.45, 2.75) is 83.7 Å². The fraction of sp³-hybridized carbons (Fsp3) is 0.704. The van der Waals surface area contributed by atoms with Crippen molar-refractivity contribution in [3.05, 3.63) is 35.9 Å². The minimum atomic E-state index is -0.817. The summed E-state index contributed by atoms with van der Waals surface area (Å²) in [6.45, 7) is 5.00. The molecule has 1 N–H and O–H groups in total. The molecule has 1 nitrogen and oxygen atoms in total. The number of rotatable bonds is 0. The molecule has 28 heavy (non-hydrogen) atoms. The fourth-order valence-electron chi connectivity index (χ4n) is 8.21. The van der Waals surface area contributed by atoms with E-state index >= 15 is 0 Å². The Hall–Kier alpha value is -1.26.